The van der Waals surface area contributed by atoms with E-state index in [4.69, 9.17) is 16.3 Å². The SMILES string of the molecule is COC(=O)c1ccc(CN2CCN(C(=O)Cc3ccccc3Cl)CC2)cc1. The van der Waals surface area contributed by atoms with E-state index in [1.165, 1.54) is 7.11 Å². The van der Waals surface area contributed by atoms with Crippen LogP contribution < -0.4 is 0 Å². The van der Waals surface area contributed by atoms with E-state index in [9.17, 15) is 9.59 Å². The quantitative estimate of drug-likeness (QED) is 0.741. The van der Waals surface area contributed by atoms with Crippen LogP contribution in [0.1, 0.15) is 21.5 Å². The minimum Gasteiger partial charge on any atom is -0.465 e. The molecule has 0 saturated carbocycles. The molecule has 1 aliphatic rings. The molecular weight excluding hydrogens is 364 g/mol. The molecule has 142 valence electrons. The lowest BCUT2D eigenvalue weighted by Crippen LogP contribution is -2.48. The van der Waals surface area contributed by atoms with Crippen LogP contribution in [0.5, 0.6) is 0 Å². The van der Waals surface area contributed by atoms with Crippen molar-refractivity contribution >= 4 is 23.5 Å². The predicted molar refractivity (Wildman–Crippen MR) is 105 cm³/mol. The Kier molecular flexibility index (Phi) is 6.48. The highest BCUT2D eigenvalue weighted by molar-refractivity contribution is 6.31. The van der Waals surface area contributed by atoms with Gasteiger partial charge in [-0.15, -0.1) is 0 Å². The Morgan fingerprint density at radius 2 is 1.67 bits per heavy atom. The van der Waals surface area contributed by atoms with Gasteiger partial charge in [-0.3, -0.25) is 9.69 Å². The number of hydrogen-bond donors (Lipinski definition) is 0. The van der Waals surface area contributed by atoms with E-state index >= 15 is 0 Å². The Labute approximate surface area is 164 Å². The molecule has 0 N–H and O–H groups in total. The Morgan fingerprint density at radius 1 is 1.00 bits per heavy atom. The Balaban J connectivity index is 1.49. The molecule has 0 unspecified atom stereocenters. The van der Waals surface area contributed by atoms with Crippen LogP contribution in [-0.4, -0.2) is 55.0 Å². The van der Waals surface area contributed by atoms with Gasteiger partial charge in [-0.05, 0) is 29.3 Å². The minimum atomic E-state index is -0.327. The number of rotatable bonds is 5. The number of esters is 1. The van der Waals surface area contributed by atoms with Gasteiger partial charge in [0, 0.05) is 37.7 Å². The predicted octanol–water partition coefficient (Wildman–Crippen LogP) is 3.01. The van der Waals surface area contributed by atoms with Crippen LogP contribution >= 0.6 is 11.6 Å². The van der Waals surface area contributed by atoms with Crippen LogP contribution in [0.15, 0.2) is 48.5 Å². The molecule has 27 heavy (non-hydrogen) atoms. The molecule has 0 spiro atoms. The van der Waals surface area contributed by atoms with Crippen molar-refractivity contribution < 1.29 is 14.3 Å². The summed E-state index contributed by atoms with van der Waals surface area (Å²) in [5, 5.41) is 0.639. The van der Waals surface area contributed by atoms with Gasteiger partial charge in [0.05, 0.1) is 19.1 Å². The third kappa shape index (κ3) is 5.08. The number of carbonyl (C=O) groups is 2. The van der Waals surface area contributed by atoms with E-state index in [0.717, 1.165) is 30.8 Å². The van der Waals surface area contributed by atoms with Gasteiger partial charge in [0.25, 0.3) is 0 Å². The van der Waals surface area contributed by atoms with E-state index in [-0.39, 0.29) is 11.9 Å². The maximum Gasteiger partial charge on any atom is 0.337 e. The topological polar surface area (TPSA) is 49.9 Å². The average Bonchev–Trinajstić information content (AvgIpc) is 2.70. The fourth-order valence-corrected chi connectivity index (χ4v) is 3.40. The highest BCUT2D eigenvalue weighted by Gasteiger charge is 2.21. The first kappa shape index (κ1) is 19.4. The van der Waals surface area contributed by atoms with Crippen molar-refractivity contribution in [3.63, 3.8) is 0 Å². The van der Waals surface area contributed by atoms with Gasteiger partial charge in [0.1, 0.15) is 0 Å². The number of ether oxygens (including phenoxy) is 1. The maximum absolute atomic E-state index is 12.5. The molecule has 0 atom stereocenters. The second-order valence-electron chi connectivity index (χ2n) is 6.61. The number of amides is 1. The molecule has 1 saturated heterocycles. The van der Waals surface area contributed by atoms with Gasteiger partial charge < -0.3 is 9.64 Å². The summed E-state index contributed by atoms with van der Waals surface area (Å²) in [6.07, 6.45) is 0.342. The van der Waals surface area contributed by atoms with E-state index in [2.05, 4.69) is 4.90 Å². The highest BCUT2D eigenvalue weighted by atomic mass is 35.5. The van der Waals surface area contributed by atoms with Crippen molar-refractivity contribution in [2.24, 2.45) is 0 Å². The molecule has 1 heterocycles. The molecular formula is C21H23ClN2O3. The fourth-order valence-electron chi connectivity index (χ4n) is 3.19. The summed E-state index contributed by atoms with van der Waals surface area (Å²) in [5.41, 5.74) is 2.56. The number of methoxy groups -OCH3 is 1. The monoisotopic (exact) mass is 386 g/mol. The first-order chi connectivity index (χ1) is 13.1. The summed E-state index contributed by atoms with van der Waals surface area (Å²) in [7, 11) is 1.38. The molecule has 2 aromatic carbocycles. The van der Waals surface area contributed by atoms with Crippen LogP contribution in [0.3, 0.4) is 0 Å². The fraction of sp³-hybridized carbons (Fsp3) is 0.333. The van der Waals surface area contributed by atoms with E-state index in [1.807, 2.05) is 41.3 Å². The molecule has 5 nitrogen and oxygen atoms in total. The first-order valence-corrected chi connectivity index (χ1v) is 9.35. The van der Waals surface area contributed by atoms with Gasteiger partial charge in [0.2, 0.25) is 5.91 Å². The van der Waals surface area contributed by atoms with Crippen molar-refractivity contribution in [2.45, 2.75) is 13.0 Å². The Hall–Kier alpha value is -2.37. The third-order valence-corrected chi connectivity index (χ3v) is 5.17. The number of halogens is 1. The lowest BCUT2D eigenvalue weighted by molar-refractivity contribution is -0.132. The maximum atomic E-state index is 12.5. The second kappa shape index (κ2) is 9.02. The zero-order valence-electron chi connectivity index (χ0n) is 15.4. The van der Waals surface area contributed by atoms with Gasteiger partial charge in [-0.1, -0.05) is 41.9 Å². The first-order valence-electron chi connectivity index (χ1n) is 8.97. The Morgan fingerprint density at radius 3 is 2.30 bits per heavy atom. The van der Waals surface area contributed by atoms with Crippen molar-refractivity contribution in [2.75, 3.05) is 33.3 Å². The summed E-state index contributed by atoms with van der Waals surface area (Å²) in [6.45, 7) is 3.88. The van der Waals surface area contributed by atoms with Crippen molar-refractivity contribution in [1.29, 1.82) is 0 Å². The molecule has 0 aromatic heterocycles. The van der Waals surface area contributed by atoms with Crippen LogP contribution in [-0.2, 0) is 22.5 Å². The molecule has 1 aliphatic heterocycles. The van der Waals surface area contributed by atoms with Gasteiger partial charge in [-0.2, -0.15) is 0 Å². The average molecular weight is 387 g/mol. The molecule has 6 heteroatoms. The van der Waals surface area contributed by atoms with Crippen molar-refractivity contribution in [1.82, 2.24) is 9.80 Å². The minimum absolute atomic E-state index is 0.116. The van der Waals surface area contributed by atoms with E-state index in [1.54, 1.807) is 12.1 Å². The standard InChI is InChI=1S/C21H23ClN2O3/c1-27-21(26)17-8-6-16(7-9-17)15-23-10-12-24(13-11-23)20(25)14-18-4-2-3-5-19(18)22/h2-9H,10-15H2,1H3. The van der Waals surface area contributed by atoms with Gasteiger partial charge in [-0.25, -0.2) is 4.79 Å². The third-order valence-electron chi connectivity index (χ3n) is 4.81. The van der Waals surface area contributed by atoms with Crippen LogP contribution in [0, 0.1) is 0 Å². The highest BCUT2D eigenvalue weighted by Crippen LogP contribution is 2.17. The lowest BCUT2D eigenvalue weighted by Gasteiger charge is -2.35. The zero-order chi connectivity index (χ0) is 19.2. The number of benzene rings is 2. The van der Waals surface area contributed by atoms with E-state index in [0.29, 0.717) is 30.1 Å². The molecule has 0 aliphatic carbocycles. The summed E-state index contributed by atoms with van der Waals surface area (Å²) >= 11 is 6.15. The molecule has 1 amide bonds. The largest absolute Gasteiger partial charge is 0.465 e. The van der Waals surface area contributed by atoms with Crippen molar-refractivity contribution in [3.8, 4) is 0 Å². The second-order valence-corrected chi connectivity index (χ2v) is 7.02. The lowest BCUT2D eigenvalue weighted by atomic mass is 10.1. The number of carbonyl (C=O) groups excluding carboxylic acids is 2. The summed E-state index contributed by atoms with van der Waals surface area (Å²) in [5.74, 6) is -0.211. The molecule has 2 aromatic rings. The summed E-state index contributed by atoms with van der Waals surface area (Å²) in [4.78, 5) is 28.2. The van der Waals surface area contributed by atoms with Crippen LogP contribution in [0.2, 0.25) is 5.02 Å². The Bertz CT molecular complexity index is 799. The van der Waals surface area contributed by atoms with Crippen LogP contribution in [0.4, 0.5) is 0 Å². The molecule has 0 radical (unpaired) electrons. The van der Waals surface area contributed by atoms with Gasteiger partial charge >= 0.3 is 5.97 Å². The van der Waals surface area contributed by atoms with E-state index < -0.39 is 0 Å². The number of hydrogen-bond acceptors (Lipinski definition) is 4. The molecule has 0 bridgehead atoms. The van der Waals surface area contributed by atoms with Crippen LogP contribution in [0.25, 0.3) is 0 Å². The zero-order valence-corrected chi connectivity index (χ0v) is 16.1. The molecule has 3 rings (SSSR count). The van der Waals surface area contributed by atoms with Gasteiger partial charge in [0.15, 0.2) is 0 Å². The normalized spacial score (nSPS) is 14.8. The summed E-state index contributed by atoms with van der Waals surface area (Å²) in [6, 6.07) is 14.9. The smallest absolute Gasteiger partial charge is 0.337 e. The number of nitrogens with zero attached hydrogens (tertiary/aromatic N) is 2. The summed E-state index contributed by atoms with van der Waals surface area (Å²) < 4.78 is 4.72. The number of piperazine rings is 1. The van der Waals surface area contributed by atoms with Crippen molar-refractivity contribution in [3.05, 3.63) is 70.2 Å². The molecule has 1 fully saturated rings.